The van der Waals surface area contributed by atoms with Crippen LogP contribution in [-0.2, 0) is 6.54 Å². The molecule has 0 aromatic carbocycles. The minimum atomic E-state index is -0.387. The molecule has 1 atom stereocenters. The fraction of sp³-hybridized carbons (Fsp3) is 0.400. The Morgan fingerprint density at radius 1 is 1.62 bits per heavy atom. The first kappa shape index (κ1) is 11.3. The van der Waals surface area contributed by atoms with Crippen molar-refractivity contribution in [1.29, 1.82) is 0 Å². The van der Waals surface area contributed by atoms with Gasteiger partial charge in [0.05, 0.1) is 41.9 Å². The molecule has 0 amide bonds. The van der Waals surface area contributed by atoms with Crippen LogP contribution in [0.15, 0.2) is 17.9 Å². The third kappa shape index (κ3) is 2.29. The molecule has 2 rings (SSSR count). The SMILES string of the molecule is Cc1nc(Cn2cncc2C(N)CO)cs1. The van der Waals surface area contributed by atoms with Gasteiger partial charge in [-0.1, -0.05) is 0 Å². The molecular formula is C10H14N4OS. The maximum atomic E-state index is 9.02. The summed E-state index contributed by atoms with van der Waals surface area (Å²) < 4.78 is 1.91. The van der Waals surface area contributed by atoms with Crippen molar-refractivity contribution < 1.29 is 5.11 Å². The highest BCUT2D eigenvalue weighted by Crippen LogP contribution is 2.13. The van der Waals surface area contributed by atoms with Crippen LogP contribution in [0.3, 0.4) is 0 Å². The zero-order valence-corrected chi connectivity index (χ0v) is 9.81. The van der Waals surface area contributed by atoms with Crippen molar-refractivity contribution >= 4 is 11.3 Å². The Kier molecular flexibility index (Phi) is 3.33. The van der Waals surface area contributed by atoms with E-state index in [9.17, 15) is 0 Å². The topological polar surface area (TPSA) is 77.0 Å². The second-order valence-electron chi connectivity index (χ2n) is 3.59. The fourth-order valence-corrected chi connectivity index (χ4v) is 2.12. The summed E-state index contributed by atoms with van der Waals surface area (Å²) in [4.78, 5) is 8.42. The zero-order chi connectivity index (χ0) is 11.5. The molecule has 0 radical (unpaired) electrons. The first-order chi connectivity index (χ1) is 7.70. The molecule has 0 saturated heterocycles. The van der Waals surface area contributed by atoms with E-state index in [-0.39, 0.29) is 12.6 Å². The molecule has 2 aromatic rings. The number of aryl methyl sites for hydroxylation is 1. The largest absolute Gasteiger partial charge is 0.394 e. The number of aromatic nitrogens is 3. The number of imidazole rings is 1. The summed E-state index contributed by atoms with van der Waals surface area (Å²) in [6, 6.07) is -0.387. The fourth-order valence-electron chi connectivity index (χ4n) is 1.52. The van der Waals surface area contributed by atoms with Gasteiger partial charge in [-0.15, -0.1) is 11.3 Å². The van der Waals surface area contributed by atoms with Gasteiger partial charge in [0, 0.05) is 11.6 Å². The number of nitrogens with zero attached hydrogens (tertiary/aromatic N) is 3. The maximum absolute atomic E-state index is 9.02. The van der Waals surface area contributed by atoms with Gasteiger partial charge in [-0.05, 0) is 6.92 Å². The van der Waals surface area contributed by atoms with Crippen LogP contribution < -0.4 is 5.73 Å². The summed E-state index contributed by atoms with van der Waals surface area (Å²) in [6.07, 6.45) is 3.39. The van der Waals surface area contributed by atoms with Crippen LogP contribution >= 0.6 is 11.3 Å². The summed E-state index contributed by atoms with van der Waals surface area (Å²) in [5, 5.41) is 12.1. The van der Waals surface area contributed by atoms with Gasteiger partial charge >= 0.3 is 0 Å². The summed E-state index contributed by atoms with van der Waals surface area (Å²) in [7, 11) is 0. The molecule has 6 heteroatoms. The molecule has 16 heavy (non-hydrogen) atoms. The Morgan fingerprint density at radius 3 is 3.06 bits per heavy atom. The van der Waals surface area contributed by atoms with Crippen LogP contribution in [0, 0.1) is 6.92 Å². The maximum Gasteiger partial charge on any atom is 0.0952 e. The van der Waals surface area contributed by atoms with Gasteiger partial charge in [0.2, 0.25) is 0 Å². The van der Waals surface area contributed by atoms with Gasteiger partial charge in [0.25, 0.3) is 0 Å². The van der Waals surface area contributed by atoms with Crippen molar-refractivity contribution in [2.75, 3.05) is 6.61 Å². The van der Waals surface area contributed by atoms with E-state index in [1.807, 2.05) is 16.9 Å². The third-order valence-electron chi connectivity index (χ3n) is 2.32. The molecular weight excluding hydrogens is 224 g/mol. The van der Waals surface area contributed by atoms with Crippen molar-refractivity contribution in [3.63, 3.8) is 0 Å². The van der Waals surface area contributed by atoms with Gasteiger partial charge in [-0.25, -0.2) is 9.97 Å². The van der Waals surface area contributed by atoms with E-state index in [4.69, 9.17) is 10.8 Å². The Bertz CT molecular complexity index is 465. The summed E-state index contributed by atoms with van der Waals surface area (Å²) >= 11 is 1.62. The quantitative estimate of drug-likeness (QED) is 0.821. The van der Waals surface area contributed by atoms with Crippen LogP contribution in [0.2, 0.25) is 0 Å². The van der Waals surface area contributed by atoms with E-state index in [1.54, 1.807) is 23.9 Å². The highest BCUT2D eigenvalue weighted by molar-refractivity contribution is 7.09. The molecule has 0 bridgehead atoms. The molecule has 86 valence electrons. The van der Waals surface area contributed by atoms with Crippen LogP contribution in [0.4, 0.5) is 0 Å². The van der Waals surface area contributed by atoms with Crippen molar-refractivity contribution in [3.05, 3.63) is 34.3 Å². The van der Waals surface area contributed by atoms with Crippen LogP contribution in [0.5, 0.6) is 0 Å². The molecule has 0 aliphatic rings. The number of hydrogen-bond donors (Lipinski definition) is 2. The lowest BCUT2D eigenvalue weighted by Gasteiger charge is -2.11. The standard InChI is InChI=1S/C10H14N4OS/c1-7-13-8(5-16-7)3-14-6-12-2-10(14)9(11)4-15/h2,5-6,9,15H,3-4,11H2,1H3. The summed E-state index contributed by atoms with van der Waals surface area (Å²) in [6.45, 7) is 2.54. The second-order valence-corrected chi connectivity index (χ2v) is 4.66. The molecule has 0 aliphatic carbocycles. The molecule has 0 fully saturated rings. The molecule has 5 nitrogen and oxygen atoms in total. The minimum absolute atomic E-state index is 0.0816. The van der Waals surface area contributed by atoms with Crippen LogP contribution in [0.25, 0.3) is 0 Å². The molecule has 2 heterocycles. The molecule has 3 N–H and O–H groups in total. The average Bonchev–Trinajstić information content (AvgIpc) is 2.87. The highest BCUT2D eigenvalue weighted by atomic mass is 32.1. The number of aliphatic hydroxyl groups is 1. The van der Waals surface area contributed by atoms with Gasteiger partial charge in [-0.2, -0.15) is 0 Å². The number of hydrogen-bond acceptors (Lipinski definition) is 5. The number of aliphatic hydroxyl groups excluding tert-OH is 1. The first-order valence-corrected chi connectivity index (χ1v) is 5.86. The van der Waals surface area contributed by atoms with E-state index < -0.39 is 0 Å². The van der Waals surface area contributed by atoms with E-state index in [0.29, 0.717) is 6.54 Å². The van der Waals surface area contributed by atoms with Crippen LogP contribution in [-0.4, -0.2) is 26.2 Å². The minimum Gasteiger partial charge on any atom is -0.394 e. The Balaban J connectivity index is 2.18. The van der Waals surface area contributed by atoms with Gasteiger partial charge < -0.3 is 15.4 Å². The number of nitrogens with two attached hydrogens (primary N) is 1. The van der Waals surface area contributed by atoms with Crippen molar-refractivity contribution in [3.8, 4) is 0 Å². The third-order valence-corrected chi connectivity index (χ3v) is 3.14. The van der Waals surface area contributed by atoms with E-state index in [2.05, 4.69) is 9.97 Å². The molecule has 1 unspecified atom stereocenters. The lowest BCUT2D eigenvalue weighted by molar-refractivity contribution is 0.263. The van der Waals surface area contributed by atoms with E-state index in [1.165, 1.54) is 0 Å². The first-order valence-electron chi connectivity index (χ1n) is 4.98. The zero-order valence-electron chi connectivity index (χ0n) is 9.00. The molecule has 2 aromatic heterocycles. The van der Waals surface area contributed by atoms with Gasteiger partial charge in [0.15, 0.2) is 0 Å². The predicted molar refractivity (Wildman–Crippen MR) is 62.2 cm³/mol. The molecule has 0 saturated carbocycles. The Labute approximate surface area is 97.6 Å². The monoisotopic (exact) mass is 238 g/mol. The smallest absolute Gasteiger partial charge is 0.0952 e. The summed E-state index contributed by atoms with van der Waals surface area (Å²) in [5.74, 6) is 0. The summed E-state index contributed by atoms with van der Waals surface area (Å²) in [5.41, 5.74) is 7.59. The highest BCUT2D eigenvalue weighted by Gasteiger charge is 2.11. The molecule has 0 spiro atoms. The molecule has 0 aliphatic heterocycles. The average molecular weight is 238 g/mol. The number of thiazole rings is 1. The normalized spacial score (nSPS) is 12.9. The van der Waals surface area contributed by atoms with Crippen LogP contribution in [0.1, 0.15) is 22.4 Å². The Hall–Kier alpha value is -1.24. The second kappa shape index (κ2) is 4.73. The Morgan fingerprint density at radius 2 is 2.44 bits per heavy atom. The lowest BCUT2D eigenvalue weighted by atomic mass is 10.2. The van der Waals surface area contributed by atoms with Gasteiger partial charge in [0.1, 0.15) is 0 Å². The lowest BCUT2D eigenvalue weighted by Crippen LogP contribution is -2.19. The van der Waals surface area contributed by atoms with E-state index in [0.717, 1.165) is 16.4 Å². The van der Waals surface area contributed by atoms with E-state index >= 15 is 0 Å². The van der Waals surface area contributed by atoms with Crippen molar-refractivity contribution in [1.82, 2.24) is 14.5 Å². The van der Waals surface area contributed by atoms with Crippen molar-refractivity contribution in [2.45, 2.75) is 19.5 Å². The number of rotatable bonds is 4. The van der Waals surface area contributed by atoms with Gasteiger partial charge in [-0.3, -0.25) is 0 Å². The predicted octanol–water partition coefficient (Wildman–Crippen LogP) is 0.688. The van der Waals surface area contributed by atoms with Crippen molar-refractivity contribution in [2.24, 2.45) is 5.73 Å².